The summed E-state index contributed by atoms with van der Waals surface area (Å²) in [5, 5.41) is 21.2. The molecular formula is C26H30N2O6. The average Bonchev–Trinajstić information content (AvgIpc) is 3.08. The van der Waals surface area contributed by atoms with Gasteiger partial charge in [0.25, 0.3) is 11.7 Å². The SMILES string of the molecule is CC(C)Oc1ccc(C(O)=C2C(=O)C(=O)N(CCN3CCOCC3)[C@@H]2c2cccc(O)c2)cc1. The molecule has 2 aromatic carbocycles. The number of hydrogen-bond acceptors (Lipinski definition) is 7. The van der Waals surface area contributed by atoms with E-state index in [2.05, 4.69) is 4.90 Å². The summed E-state index contributed by atoms with van der Waals surface area (Å²) in [6.45, 7) is 7.49. The second-order valence-corrected chi connectivity index (χ2v) is 8.73. The smallest absolute Gasteiger partial charge is 0.295 e. The molecule has 2 saturated heterocycles. The number of ether oxygens (including phenoxy) is 2. The van der Waals surface area contributed by atoms with E-state index in [1.165, 1.54) is 17.0 Å². The fraction of sp³-hybridized carbons (Fsp3) is 0.385. The molecule has 1 atom stereocenters. The highest BCUT2D eigenvalue weighted by Crippen LogP contribution is 2.40. The lowest BCUT2D eigenvalue weighted by Gasteiger charge is -2.31. The lowest BCUT2D eigenvalue weighted by Crippen LogP contribution is -2.42. The molecule has 8 heteroatoms. The van der Waals surface area contributed by atoms with E-state index in [9.17, 15) is 19.8 Å². The number of carbonyl (C=O) groups is 2. The van der Waals surface area contributed by atoms with Crippen LogP contribution in [-0.4, -0.2) is 77.2 Å². The minimum atomic E-state index is -0.806. The molecule has 2 aliphatic heterocycles. The van der Waals surface area contributed by atoms with Crippen molar-refractivity contribution in [1.29, 1.82) is 0 Å². The Labute approximate surface area is 199 Å². The van der Waals surface area contributed by atoms with Crippen LogP contribution in [0.4, 0.5) is 0 Å². The third-order valence-corrected chi connectivity index (χ3v) is 5.99. The Morgan fingerprint density at radius 3 is 2.44 bits per heavy atom. The normalized spacial score (nSPS) is 20.8. The number of nitrogens with zero attached hydrogens (tertiary/aromatic N) is 2. The number of phenols is 1. The number of benzene rings is 2. The molecular weight excluding hydrogens is 436 g/mol. The van der Waals surface area contributed by atoms with E-state index >= 15 is 0 Å². The van der Waals surface area contributed by atoms with Gasteiger partial charge in [-0.25, -0.2) is 0 Å². The van der Waals surface area contributed by atoms with Gasteiger partial charge < -0.3 is 24.6 Å². The zero-order chi connectivity index (χ0) is 24.2. The molecule has 34 heavy (non-hydrogen) atoms. The van der Waals surface area contributed by atoms with Crippen molar-refractivity contribution < 1.29 is 29.3 Å². The van der Waals surface area contributed by atoms with Crippen molar-refractivity contribution in [2.75, 3.05) is 39.4 Å². The number of likely N-dealkylation sites (tertiary alicyclic amines) is 1. The van der Waals surface area contributed by atoms with Crippen LogP contribution < -0.4 is 4.74 Å². The highest BCUT2D eigenvalue weighted by atomic mass is 16.5. The zero-order valence-corrected chi connectivity index (χ0v) is 19.4. The molecule has 1 amide bonds. The molecule has 2 aliphatic rings. The highest BCUT2D eigenvalue weighted by Gasteiger charge is 2.46. The van der Waals surface area contributed by atoms with Gasteiger partial charge in [-0.15, -0.1) is 0 Å². The first kappa shape index (κ1) is 23.8. The van der Waals surface area contributed by atoms with Gasteiger partial charge in [0.2, 0.25) is 0 Å². The molecule has 4 rings (SSSR count). The number of carbonyl (C=O) groups excluding carboxylic acids is 2. The quantitative estimate of drug-likeness (QED) is 0.368. The summed E-state index contributed by atoms with van der Waals surface area (Å²) in [4.78, 5) is 29.9. The Morgan fingerprint density at radius 1 is 1.09 bits per heavy atom. The lowest BCUT2D eigenvalue weighted by atomic mass is 9.95. The zero-order valence-electron chi connectivity index (χ0n) is 19.4. The maximum atomic E-state index is 13.1. The Kier molecular flexibility index (Phi) is 7.19. The van der Waals surface area contributed by atoms with Crippen molar-refractivity contribution in [2.24, 2.45) is 0 Å². The number of phenolic OH excluding ortho intramolecular Hbond substituents is 1. The van der Waals surface area contributed by atoms with Crippen LogP contribution in [0.15, 0.2) is 54.1 Å². The summed E-state index contributed by atoms with van der Waals surface area (Å²) < 4.78 is 11.0. The van der Waals surface area contributed by atoms with Crippen molar-refractivity contribution in [3.63, 3.8) is 0 Å². The first-order valence-corrected chi connectivity index (χ1v) is 11.5. The number of morpholine rings is 1. The topological polar surface area (TPSA) is 99.5 Å². The Bertz CT molecular complexity index is 1070. The molecule has 0 bridgehead atoms. The number of Topliss-reactive ketones (excluding diaryl/α,β-unsaturated/α-hetero) is 1. The molecule has 0 unspecified atom stereocenters. The maximum absolute atomic E-state index is 13.1. The predicted molar refractivity (Wildman–Crippen MR) is 127 cm³/mol. The third-order valence-electron chi connectivity index (χ3n) is 5.99. The van der Waals surface area contributed by atoms with E-state index in [0.717, 1.165) is 13.1 Å². The second-order valence-electron chi connectivity index (χ2n) is 8.73. The summed E-state index contributed by atoms with van der Waals surface area (Å²) in [6, 6.07) is 12.4. The van der Waals surface area contributed by atoms with Crippen LogP contribution in [0.3, 0.4) is 0 Å². The van der Waals surface area contributed by atoms with Gasteiger partial charge in [0.15, 0.2) is 0 Å². The lowest BCUT2D eigenvalue weighted by molar-refractivity contribution is -0.140. The average molecular weight is 467 g/mol. The summed E-state index contributed by atoms with van der Waals surface area (Å²) in [6.07, 6.45) is 0.00185. The number of hydrogen-bond donors (Lipinski definition) is 2. The number of amides is 1. The first-order valence-electron chi connectivity index (χ1n) is 11.5. The molecule has 2 N–H and O–H groups in total. The van der Waals surface area contributed by atoms with Gasteiger partial charge >= 0.3 is 0 Å². The van der Waals surface area contributed by atoms with Crippen molar-refractivity contribution in [3.8, 4) is 11.5 Å². The minimum absolute atomic E-state index is 0.00185. The van der Waals surface area contributed by atoms with Crippen molar-refractivity contribution in [2.45, 2.75) is 26.0 Å². The standard InChI is InChI=1S/C26H30N2O6/c1-17(2)34-21-8-6-18(7-9-21)24(30)22-23(19-4-3-5-20(29)16-19)28(26(32)25(22)31)11-10-27-12-14-33-15-13-27/h3-9,16-17,23,29-30H,10-15H2,1-2H3/t23-/m1/s1. The maximum Gasteiger partial charge on any atom is 0.295 e. The van der Waals surface area contributed by atoms with Crippen LogP contribution >= 0.6 is 0 Å². The molecule has 0 saturated carbocycles. The Balaban J connectivity index is 1.70. The van der Waals surface area contributed by atoms with E-state index in [1.807, 2.05) is 13.8 Å². The highest BCUT2D eigenvalue weighted by molar-refractivity contribution is 6.46. The van der Waals surface area contributed by atoms with Gasteiger partial charge in [0, 0.05) is 31.7 Å². The fourth-order valence-electron chi connectivity index (χ4n) is 4.35. The van der Waals surface area contributed by atoms with Gasteiger partial charge in [0.05, 0.1) is 30.9 Å². The summed E-state index contributed by atoms with van der Waals surface area (Å²) in [7, 11) is 0. The molecule has 2 aromatic rings. The predicted octanol–water partition coefficient (Wildman–Crippen LogP) is 2.93. The third kappa shape index (κ3) is 5.08. The van der Waals surface area contributed by atoms with Crippen LogP contribution in [0.5, 0.6) is 11.5 Å². The molecule has 0 aliphatic carbocycles. The van der Waals surface area contributed by atoms with Gasteiger partial charge in [-0.3, -0.25) is 14.5 Å². The van der Waals surface area contributed by atoms with Crippen LogP contribution in [0.1, 0.15) is 31.0 Å². The molecule has 2 fully saturated rings. The van der Waals surface area contributed by atoms with Crippen molar-refractivity contribution in [3.05, 3.63) is 65.2 Å². The molecule has 0 spiro atoms. The monoisotopic (exact) mass is 466 g/mol. The van der Waals surface area contributed by atoms with E-state index in [-0.39, 0.29) is 23.2 Å². The molecule has 180 valence electrons. The van der Waals surface area contributed by atoms with Crippen LogP contribution in [0, 0.1) is 0 Å². The largest absolute Gasteiger partial charge is 0.508 e. The number of aliphatic hydroxyl groups excluding tert-OH is 1. The van der Waals surface area contributed by atoms with E-state index in [0.29, 0.717) is 43.2 Å². The van der Waals surface area contributed by atoms with Crippen molar-refractivity contribution >= 4 is 17.4 Å². The van der Waals surface area contributed by atoms with Gasteiger partial charge in [-0.05, 0) is 55.8 Å². The van der Waals surface area contributed by atoms with E-state index < -0.39 is 17.7 Å². The summed E-state index contributed by atoms with van der Waals surface area (Å²) in [5.41, 5.74) is 0.977. The second kappa shape index (κ2) is 10.3. The number of ketones is 1. The number of rotatable bonds is 7. The van der Waals surface area contributed by atoms with Gasteiger partial charge in [-0.1, -0.05) is 12.1 Å². The number of aromatic hydroxyl groups is 1. The first-order chi connectivity index (χ1) is 16.3. The molecule has 2 heterocycles. The number of aliphatic hydroxyl groups is 1. The summed E-state index contributed by atoms with van der Waals surface area (Å²) >= 11 is 0. The Hall–Kier alpha value is -3.36. The van der Waals surface area contributed by atoms with Crippen LogP contribution in [0.25, 0.3) is 5.76 Å². The van der Waals surface area contributed by atoms with Gasteiger partial charge in [0.1, 0.15) is 17.3 Å². The van der Waals surface area contributed by atoms with Crippen LogP contribution in [0.2, 0.25) is 0 Å². The summed E-state index contributed by atoms with van der Waals surface area (Å²) in [5.74, 6) is -0.997. The van der Waals surface area contributed by atoms with Gasteiger partial charge in [-0.2, -0.15) is 0 Å². The van der Waals surface area contributed by atoms with Crippen LogP contribution in [-0.2, 0) is 14.3 Å². The van der Waals surface area contributed by atoms with Crippen molar-refractivity contribution in [1.82, 2.24) is 9.80 Å². The van der Waals surface area contributed by atoms with E-state index in [1.54, 1.807) is 36.4 Å². The minimum Gasteiger partial charge on any atom is -0.508 e. The molecule has 0 aromatic heterocycles. The molecule has 8 nitrogen and oxygen atoms in total. The fourth-order valence-corrected chi connectivity index (χ4v) is 4.35. The Morgan fingerprint density at radius 2 is 1.79 bits per heavy atom. The van der Waals surface area contributed by atoms with E-state index in [4.69, 9.17) is 9.47 Å². The molecule has 0 radical (unpaired) electrons.